The Kier molecular flexibility index (Phi) is 4.64. The van der Waals surface area contributed by atoms with Crippen molar-refractivity contribution in [3.63, 3.8) is 0 Å². The van der Waals surface area contributed by atoms with Gasteiger partial charge in [0, 0.05) is 16.6 Å². The molecule has 26 heavy (non-hydrogen) atoms. The van der Waals surface area contributed by atoms with Crippen molar-refractivity contribution in [1.29, 1.82) is 0 Å². The second-order valence-electron chi connectivity index (χ2n) is 7.85. The van der Waals surface area contributed by atoms with Crippen molar-refractivity contribution in [2.24, 2.45) is 5.92 Å². The highest BCUT2D eigenvalue weighted by Gasteiger charge is 2.28. The van der Waals surface area contributed by atoms with Gasteiger partial charge in [-0.15, -0.1) is 0 Å². The molecule has 0 bridgehead atoms. The molecule has 1 aliphatic rings. The van der Waals surface area contributed by atoms with E-state index >= 15 is 0 Å². The summed E-state index contributed by atoms with van der Waals surface area (Å²) in [5.74, 6) is 1.75. The molecule has 1 unspecified atom stereocenters. The molecule has 3 aromatic rings. The van der Waals surface area contributed by atoms with E-state index in [1.807, 2.05) is 0 Å². The Bertz CT molecular complexity index is 971. The van der Waals surface area contributed by atoms with Gasteiger partial charge in [0.15, 0.2) is 5.65 Å². The Morgan fingerprint density at radius 3 is 2.77 bits per heavy atom. The van der Waals surface area contributed by atoms with E-state index < -0.39 is 0 Å². The van der Waals surface area contributed by atoms with Crippen LogP contribution in [0.1, 0.15) is 61.4 Å². The number of nitrogens with zero attached hydrogens (tertiary/aromatic N) is 3. The van der Waals surface area contributed by atoms with E-state index in [-0.39, 0.29) is 0 Å². The van der Waals surface area contributed by atoms with Gasteiger partial charge in [-0.25, -0.2) is 9.97 Å². The fourth-order valence-corrected chi connectivity index (χ4v) is 4.67. The molecule has 0 N–H and O–H groups in total. The molecular weight excluding hydrogens is 386 g/mol. The van der Waals surface area contributed by atoms with Crippen LogP contribution >= 0.6 is 15.9 Å². The minimum atomic E-state index is 0.347. The SMILES string of the molecule is CCc1nc2c(C)cc(CC(C)C)nc2n1C1CCc2cc(Br)ccc21. The highest BCUT2D eigenvalue weighted by molar-refractivity contribution is 9.10. The molecule has 4 rings (SSSR count). The van der Waals surface area contributed by atoms with Crippen LogP contribution in [-0.2, 0) is 19.3 Å². The zero-order valence-electron chi connectivity index (χ0n) is 16.0. The molecule has 0 aliphatic heterocycles. The summed E-state index contributed by atoms with van der Waals surface area (Å²) in [6.45, 7) is 8.87. The third-order valence-corrected chi connectivity index (χ3v) is 5.85. The lowest BCUT2D eigenvalue weighted by Crippen LogP contribution is -2.12. The van der Waals surface area contributed by atoms with Crippen molar-refractivity contribution in [1.82, 2.24) is 14.5 Å². The number of pyridine rings is 1. The van der Waals surface area contributed by atoms with Crippen LogP contribution in [0.25, 0.3) is 11.2 Å². The lowest BCUT2D eigenvalue weighted by atomic mass is 10.1. The van der Waals surface area contributed by atoms with E-state index in [1.165, 1.54) is 22.4 Å². The van der Waals surface area contributed by atoms with Crippen LogP contribution in [0.15, 0.2) is 28.7 Å². The Morgan fingerprint density at radius 2 is 2.04 bits per heavy atom. The van der Waals surface area contributed by atoms with Gasteiger partial charge < -0.3 is 4.57 Å². The van der Waals surface area contributed by atoms with Crippen LogP contribution in [0.3, 0.4) is 0 Å². The van der Waals surface area contributed by atoms with Crippen LogP contribution < -0.4 is 0 Å². The number of halogens is 1. The third kappa shape index (κ3) is 2.98. The largest absolute Gasteiger partial charge is 0.305 e. The van der Waals surface area contributed by atoms with E-state index in [0.29, 0.717) is 12.0 Å². The number of imidazole rings is 1. The molecule has 3 nitrogen and oxygen atoms in total. The zero-order chi connectivity index (χ0) is 18.4. The molecule has 2 aromatic heterocycles. The third-order valence-electron chi connectivity index (χ3n) is 5.36. The van der Waals surface area contributed by atoms with E-state index in [0.717, 1.165) is 47.1 Å². The van der Waals surface area contributed by atoms with Gasteiger partial charge in [0.05, 0.1) is 6.04 Å². The monoisotopic (exact) mass is 411 g/mol. The van der Waals surface area contributed by atoms with Crippen molar-refractivity contribution in [2.75, 3.05) is 0 Å². The second-order valence-corrected chi connectivity index (χ2v) is 8.77. The van der Waals surface area contributed by atoms with Gasteiger partial charge in [-0.2, -0.15) is 0 Å². The summed E-state index contributed by atoms with van der Waals surface area (Å²) in [7, 11) is 0. The summed E-state index contributed by atoms with van der Waals surface area (Å²) >= 11 is 3.61. The maximum atomic E-state index is 5.07. The Labute approximate surface area is 164 Å². The van der Waals surface area contributed by atoms with Gasteiger partial charge in [-0.1, -0.05) is 42.8 Å². The maximum Gasteiger partial charge on any atom is 0.161 e. The lowest BCUT2D eigenvalue weighted by molar-refractivity contribution is 0.565. The fraction of sp³-hybridized carbons (Fsp3) is 0.455. The van der Waals surface area contributed by atoms with E-state index in [9.17, 15) is 0 Å². The summed E-state index contributed by atoms with van der Waals surface area (Å²) in [6, 6.07) is 9.26. The first kappa shape index (κ1) is 17.7. The predicted octanol–water partition coefficient (Wildman–Crippen LogP) is 5.80. The molecule has 4 heteroatoms. The standard InChI is InChI=1S/C22H26BrN3/c1-5-20-25-21-14(4)11-17(10-13(2)3)24-22(21)26(20)19-9-6-15-12-16(23)7-8-18(15)19/h7-8,11-13,19H,5-6,9-10H2,1-4H3. The first-order valence-corrected chi connectivity index (χ1v) is 10.4. The second kappa shape index (κ2) is 6.80. The fourth-order valence-electron chi connectivity index (χ4n) is 4.26. The number of hydrogen-bond donors (Lipinski definition) is 0. The average molecular weight is 412 g/mol. The minimum absolute atomic E-state index is 0.347. The number of benzene rings is 1. The topological polar surface area (TPSA) is 30.7 Å². The maximum absolute atomic E-state index is 5.07. The summed E-state index contributed by atoms with van der Waals surface area (Å²) in [4.78, 5) is 10.0. The van der Waals surface area contributed by atoms with Gasteiger partial charge in [0.1, 0.15) is 11.3 Å². The highest BCUT2D eigenvalue weighted by Crippen LogP contribution is 2.38. The molecule has 0 fully saturated rings. The molecule has 136 valence electrons. The van der Waals surface area contributed by atoms with E-state index in [4.69, 9.17) is 9.97 Å². The van der Waals surface area contributed by atoms with Gasteiger partial charge in [-0.05, 0) is 67.0 Å². The molecule has 0 saturated carbocycles. The molecule has 0 spiro atoms. The van der Waals surface area contributed by atoms with Crippen molar-refractivity contribution < 1.29 is 0 Å². The van der Waals surface area contributed by atoms with Gasteiger partial charge >= 0.3 is 0 Å². The van der Waals surface area contributed by atoms with E-state index in [2.05, 4.69) is 72.5 Å². The number of aromatic nitrogens is 3. The van der Waals surface area contributed by atoms with Crippen LogP contribution in [0.4, 0.5) is 0 Å². The molecule has 1 atom stereocenters. The molecular formula is C22H26BrN3. The normalized spacial score (nSPS) is 16.6. The van der Waals surface area contributed by atoms with Crippen molar-refractivity contribution in [3.05, 3.63) is 56.9 Å². The average Bonchev–Trinajstić information content (AvgIpc) is 3.14. The van der Waals surface area contributed by atoms with Crippen LogP contribution in [0, 0.1) is 12.8 Å². The number of aryl methyl sites for hydroxylation is 3. The summed E-state index contributed by atoms with van der Waals surface area (Å²) in [5.41, 5.74) is 7.44. The summed E-state index contributed by atoms with van der Waals surface area (Å²) in [6.07, 6.45) is 4.18. The van der Waals surface area contributed by atoms with Crippen LogP contribution in [0.2, 0.25) is 0 Å². The number of fused-ring (bicyclic) bond motifs is 2. The Hall–Kier alpha value is -1.68. The Morgan fingerprint density at radius 1 is 1.23 bits per heavy atom. The molecule has 0 saturated heterocycles. The molecule has 1 aromatic carbocycles. The first-order valence-electron chi connectivity index (χ1n) is 9.63. The van der Waals surface area contributed by atoms with Crippen molar-refractivity contribution in [3.8, 4) is 0 Å². The van der Waals surface area contributed by atoms with Crippen molar-refractivity contribution in [2.45, 2.75) is 59.4 Å². The van der Waals surface area contributed by atoms with Crippen LogP contribution in [-0.4, -0.2) is 14.5 Å². The number of hydrogen-bond acceptors (Lipinski definition) is 2. The van der Waals surface area contributed by atoms with Gasteiger partial charge in [0.25, 0.3) is 0 Å². The van der Waals surface area contributed by atoms with Gasteiger partial charge in [0.2, 0.25) is 0 Å². The number of rotatable bonds is 4. The smallest absolute Gasteiger partial charge is 0.161 e. The first-order chi connectivity index (χ1) is 12.5. The quantitative estimate of drug-likeness (QED) is 0.542. The Balaban J connectivity index is 1.91. The highest BCUT2D eigenvalue weighted by atomic mass is 79.9. The minimum Gasteiger partial charge on any atom is -0.305 e. The van der Waals surface area contributed by atoms with Crippen LogP contribution in [0.5, 0.6) is 0 Å². The molecule has 2 heterocycles. The zero-order valence-corrected chi connectivity index (χ0v) is 17.6. The lowest BCUT2D eigenvalue weighted by Gasteiger charge is -2.18. The molecule has 0 radical (unpaired) electrons. The summed E-state index contributed by atoms with van der Waals surface area (Å²) in [5, 5.41) is 0. The summed E-state index contributed by atoms with van der Waals surface area (Å²) < 4.78 is 3.59. The molecule has 0 amide bonds. The van der Waals surface area contributed by atoms with Crippen molar-refractivity contribution >= 4 is 27.1 Å². The van der Waals surface area contributed by atoms with E-state index in [1.54, 1.807) is 0 Å². The predicted molar refractivity (Wildman–Crippen MR) is 111 cm³/mol. The van der Waals surface area contributed by atoms with Gasteiger partial charge in [-0.3, -0.25) is 0 Å². The molecule has 1 aliphatic carbocycles.